The Morgan fingerprint density at radius 2 is 1.63 bits per heavy atom. The Labute approximate surface area is 300 Å². The molecule has 0 unspecified atom stereocenters. The molecule has 5 rings (SSSR count). The maximum absolute atomic E-state index is 14.5. The van der Waals surface area contributed by atoms with Crippen molar-refractivity contribution in [1.82, 2.24) is 29.1 Å². The summed E-state index contributed by atoms with van der Waals surface area (Å²) in [5, 5.41) is 11.5. The third-order valence-corrected chi connectivity index (χ3v) is 11.7. The molecule has 0 aliphatic rings. The number of nitrogens with one attached hydrogen (secondary N) is 1. The van der Waals surface area contributed by atoms with Crippen LogP contribution in [0.1, 0.15) is 16.1 Å². The number of nitrogens with zero attached hydrogens (tertiary/aromatic N) is 6. The molecule has 0 bridgehead atoms. The number of amides is 1. The molecular weight excluding hydrogens is 719 g/mol. The molecule has 272 valence electrons. The second kappa shape index (κ2) is 15.3. The number of anilines is 1. The number of fused-ring (bicyclic) bond motifs is 1. The Hall–Kier alpha value is -4.10. The van der Waals surface area contributed by atoms with E-state index in [9.17, 15) is 22.8 Å². The van der Waals surface area contributed by atoms with E-state index in [1.54, 1.807) is 24.3 Å². The molecule has 2 aromatic carbocycles. The lowest BCUT2D eigenvalue weighted by Crippen LogP contribution is -2.28. The molecule has 17 heteroatoms. The lowest BCUT2D eigenvalue weighted by atomic mass is 10.1. The van der Waals surface area contributed by atoms with Gasteiger partial charge in [0.25, 0.3) is 5.91 Å². The van der Waals surface area contributed by atoms with Gasteiger partial charge in [-0.1, -0.05) is 56.9 Å². The Balaban J connectivity index is 1.42. The molecule has 0 spiro atoms. The van der Waals surface area contributed by atoms with E-state index in [0.717, 1.165) is 18.3 Å². The van der Waals surface area contributed by atoms with Gasteiger partial charge < -0.3 is 14.8 Å². The summed E-state index contributed by atoms with van der Waals surface area (Å²) in [6.07, 6.45) is -2.51. The fourth-order valence-corrected chi connectivity index (χ4v) is 6.90. The number of aromatic nitrogens is 6. The SMILES string of the molecule is C[Si](C)(C)CCOCn1nc(-c2ccc(NC(=O)c3cnn(-c4cccc5ncccc45)c3C(F)(F)F)cc2Cl)n(COCC[Si](C)(C)C)c1=O. The number of hydrogen-bond acceptors (Lipinski definition) is 7. The van der Waals surface area contributed by atoms with Gasteiger partial charge in [-0.15, -0.1) is 5.10 Å². The van der Waals surface area contributed by atoms with Crippen molar-refractivity contribution in [3.63, 3.8) is 0 Å². The Bertz CT molecular complexity index is 2080. The molecule has 51 heavy (non-hydrogen) atoms. The highest BCUT2D eigenvalue weighted by molar-refractivity contribution is 6.76. The Morgan fingerprint density at radius 1 is 0.941 bits per heavy atom. The Morgan fingerprint density at radius 3 is 2.27 bits per heavy atom. The van der Waals surface area contributed by atoms with Crippen LogP contribution >= 0.6 is 11.6 Å². The zero-order valence-electron chi connectivity index (χ0n) is 29.3. The van der Waals surface area contributed by atoms with Crippen LogP contribution < -0.4 is 11.0 Å². The van der Waals surface area contributed by atoms with Crippen LogP contribution in [0.15, 0.2) is 65.7 Å². The maximum atomic E-state index is 14.5. The fraction of sp³-hybridized carbons (Fsp3) is 0.382. The number of benzene rings is 2. The third-order valence-electron chi connectivity index (χ3n) is 7.95. The molecule has 0 atom stereocenters. The van der Waals surface area contributed by atoms with Crippen LogP contribution in [-0.4, -0.2) is 64.4 Å². The zero-order valence-corrected chi connectivity index (χ0v) is 32.1. The molecule has 1 amide bonds. The summed E-state index contributed by atoms with van der Waals surface area (Å²) in [5.41, 5.74) is -1.29. The van der Waals surface area contributed by atoms with E-state index in [2.05, 4.69) is 59.8 Å². The van der Waals surface area contributed by atoms with Crippen LogP contribution in [0.25, 0.3) is 28.0 Å². The monoisotopic (exact) mass is 759 g/mol. The van der Waals surface area contributed by atoms with E-state index in [1.165, 1.54) is 39.7 Å². The molecule has 0 fully saturated rings. The molecule has 0 aliphatic carbocycles. The number of alkyl halides is 3. The van der Waals surface area contributed by atoms with Gasteiger partial charge in [-0.3, -0.25) is 14.3 Å². The second-order valence-electron chi connectivity index (χ2n) is 14.5. The molecule has 3 heterocycles. The van der Waals surface area contributed by atoms with Crippen LogP contribution in [0.3, 0.4) is 0 Å². The molecule has 0 saturated heterocycles. The highest BCUT2D eigenvalue weighted by Crippen LogP contribution is 2.36. The van der Waals surface area contributed by atoms with Gasteiger partial charge in [-0.25, -0.2) is 9.48 Å². The molecule has 5 aromatic rings. The van der Waals surface area contributed by atoms with Crippen molar-refractivity contribution >= 4 is 50.2 Å². The summed E-state index contributed by atoms with van der Waals surface area (Å²) in [5.74, 6) is -0.821. The number of ether oxygens (including phenoxy) is 2. The fourth-order valence-electron chi connectivity index (χ4n) is 5.12. The van der Waals surface area contributed by atoms with E-state index in [0.29, 0.717) is 34.4 Å². The van der Waals surface area contributed by atoms with Crippen LogP contribution in [0, 0.1) is 0 Å². The normalized spacial score (nSPS) is 12.5. The number of hydrogen-bond donors (Lipinski definition) is 1. The van der Waals surface area contributed by atoms with Crippen molar-refractivity contribution in [1.29, 1.82) is 0 Å². The lowest BCUT2D eigenvalue weighted by molar-refractivity contribution is -0.143. The van der Waals surface area contributed by atoms with Gasteiger partial charge >= 0.3 is 11.9 Å². The zero-order chi connectivity index (χ0) is 37.1. The maximum Gasteiger partial charge on any atom is 0.434 e. The van der Waals surface area contributed by atoms with Gasteiger partial charge in [0.15, 0.2) is 11.5 Å². The average molecular weight is 760 g/mol. The minimum Gasteiger partial charge on any atom is -0.361 e. The van der Waals surface area contributed by atoms with Crippen molar-refractivity contribution in [2.45, 2.75) is 71.0 Å². The molecule has 0 radical (unpaired) electrons. The summed E-state index contributed by atoms with van der Waals surface area (Å²) in [4.78, 5) is 31.0. The summed E-state index contributed by atoms with van der Waals surface area (Å²) in [6.45, 7) is 14.2. The summed E-state index contributed by atoms with van der Waals surface area (Å²) < 4.78 is 58.4. The highest BCUT2D eigenvalue weighted by atomic mass is 35.5. The largest absolute Gasteiger partial charge is 0.434 e. The number of halogens is 4. The van der Waals surface area contributed by atoms with Gasteiger partial charge in [-0.05, 0) is 54.6 Å². The van der Waals surface area contributed by atoms with E-state index in [1.807, 2.05) is 0 Å². The highest BCUT2D eigenvalue weighted by Gasteiger charge is 2.41. The summed E-state index contributed by atoms with van der Waals surface area (Å²) in [7, 11) is -2.74. The van der Waals surface area contributed by atoms with Crippen LogP contribution in [-0.2, 0) is 29.1 Å². The van der Waals surface area contributed by atoms with Gasteiger partial charge in [0, 0.05) is 52.2 Å². The molecule has 3 aromatic heterocycles. The average Bonchev–Trinajstić information content (AvgIpc) is 3.62. The minimum absolute atomic E-state index is 0.0610. The number of rotatable bonds is 14. The first-order valence-corrected chi connectivity index (χ1v) is 24.2. The van der Waals surface area contributed by atoms with Crippen molar-refractivity contribution < 1.29 is 27.4 Å². The predicted molar refractivity (Wildman–Crippen MR) is 197 cm³/mol. The predicted octanol–water partition coefficient (Wildman–Crippen LogP) is 7.99. The Kier molecular flexibility index (Phi) is 11.4. The number of carbonyl (C=O) groups excluding carboxylic acids is 1. The first-order valence-electron chi connectivity index (χ1n) is 16.4. The van der Waals surface area contributed by atoms with Crippen molar-refractivity contribution in [2.75, 3.05) is 18.5 Å². The van der Waals surface area contributed by atoms with Gasteiger partial charge in [-0.2, -0.15) is 23.0 Å². The molecular formula is C34H41ClF3N7O4Si2. The van der Waals surface area contributed by atoms with Crippen molar-refractivity contribution in [3.05, 3.63) is 87.7 Å². The first kappa shape index (κ1) is 38.1. The van der Waals surface area contributed by atoms with Crippen LogP contribution in [0.4, 0.5) is 18.9 Å². The van der Waals surface area contributed by atoms with Gasteiger partial charge in [0.1, 0.15) is 13.5 Å². The van der Waals surface area contributed by atoms with E-state index < -0.39 is 45.2 Å². The van der Waals surface area contributed by atoms with Crippen molar-refractivity contribution in [3.8, 4) is 17.1 Å². The van der Waals surface area contributed by atoms with E-state index >= 15 is 0 Å². The summed E-state index contributed by atoms with van der Waals surface area (Å²) >= 11 is 6.69. The standard InChI is InChI=1S/C34H41ClF3N7O4Si2/c1-50(2,3)17-15-48-21-43-31(42-44(33(43)47)22-49-16-18-51(4,5)6)24-13-12-23(19-27(24)35)41-32(46)26-20-40-45(30(26)34(36,37)38)29-11-7-10-28-25(29)9-8-14-39-28/h7-14,19-20H,15-18,21-22H2,1-6H3,(H,41,46). The smallest absolute Gasteiger partial charge is 0.361 e. The van der Waals surface area contributed by atoms with Gasteiger partial charge in [0.2, 0.25) is 0 Å². The third kappa shape index (κ3) is 9.42. The molecule has 0 saturated carbocycles. The molecule has 1 N–H and O–H groups in total. The van der Waals surface area contributed by atoms with Crippen LogP contribution in [0.5, 0.6) is 0 Å². The number of pyridine rings is 1. The van der Waals surface area contributed by atoms with Crippen LogP contribution in [0.2, 0.25) is 56.4 Å². The minimum atomic E-state index is -4.92. The topological polar surface area (TPSA) is 118 Å². The first-order chi connectivity index (χ1) is 23.9. The van der Waals surface area contributed by atoms with E-state index in [4.69, 9.17) is 21.1 Å². The number of carbonyl (C=O) groups is 1. The second-order valence-corrected chi connectivity index (χ2v) is 26.2. The van der Waals surface area contributed by atoms with Crippen molar-refractivity contribution in [2.24, 2.45) is 0 Å². The van der Waals surface area contributed by atoms with Gasteiger partial charge in [0.05, 0.1) is 28.0 Å². The molecule has 11 nitrogen and oxygen atoms in total. The van der Waals surface area contributed by atoms with E-state index in [-0.39, 0.29) is 35.7 Å². The summed E-state index contributed by atoms with van der Waals surface area (Å²) in [6, 6.07) is 14.2. The lowest BCUT2D eigenvalue weighted by Gasteiger charge is -2.16. The quantitative estimate of drug-likeness (QED) is 0.0901. The molecule has 0 aliphatic heterocycles.